The van der Waals surface area contributed by atoms with Crippen molar-refractivity contribution in [2.45, 2.75) is 3.39 Å². The maximum atomic E-state index is 5.39. The predicted octanol–water partition coefficient (Wildman–Crippen LogP) is 0.691. The van der Waals surface area contributed by atoms with Gasteiger partial charge in [0.15, 0.2) is 0 Å². The first kappa shape index (κ1) is 6.38. The molecule has 0 aliphatic rings. The molecule has 0 aromatic heterocycles. The van der Waals surface area contributed by atoms with Crippen LogP contribution in [0, 0.1) is 0 Å². The Morgan fingerprint density at radius 2 is 2.00 bits per heavy atom. The zero-order chi connectivity index (χ0) is 4.28. The molecule has 0 aliphatic carbocycles. The summed E-state index contributed by atoms with van der Waals surface area (Å²) in [5, 5.41) is 0. The third kappa shape index (κ3) is 5.38. The fourth-order valence-corrected chi connectivity index (χ4v) is 0. The predicted molar refractivity (Wildman–Crippen MR) is 27.5 cm³/mol. The molecule has 3 heteroatoms. The van der Waals surface area contributed by atoms with E-state index in [1.165, 1.54) is 0 Å². The summed E-state index contributed by atoms with van der Waals surface area (Å²) in [7, 11) is 0. The van der Waals surface area contributed by atoms with E-state index < -0.39 is 0 Å². The van der Waals surface area contributed by atoms with Gasteiger partial charge in [0.25, 0.3) is 0 Å². The minimum absolute atomic E-state index is 0.252. The molecule has 0 rings (SSSR count). The van der Waals surface area contributed by atoms with Crippen molar-refractivity contribution >= 4 is 45.7 Å². The molecule has 0 amide bonds. The van der Waals surface area contributed by atoms with Crippen molar-refractivity contribution in [1.82, 2.24) is 0 Å². The first-order chi connectivity index (χ1) is 2.27. The van der Waals surface area contributed by atoms with Crippen LogP contribution >= 0.6 is 23.2 Å². The van der Waals surface area contributed by atoms with Crippen LogP contribution < -0.4 is 0 Å². The van der Waals surface area contributed by atoms with Crippen LogP contribution in [0.15, 0.2) is 0 Å². The quantitative estimate of drug-likeness (QED) is 0.448. The standard InChI is InChI=1S/C2H3Cl2.Sn.H/c3-1-2-4;;/h1H,2H2;;. The molecule has 0 saturated heterocycles. The zero-order valence-electron chi connectivity index (χ0n) is 2.62. The maximum absolute atomic E-state index is 5.39. The Balaban J connectivity index is 2.54. The van der Waals surface area contributed by atoms with E-state index in [4.69, 9.17) is 23.2 Å². The first-order valence-electron chi connectivity index (χ1n) is 1.23. The minimum atomic E-state index is 0.252. The van der Waals surface area contributed by atoms with Gasteiger partial charge < -0.3 is 0 Å². The van der Waals surface area contributed by atoms with Gasteiger partial charge in [0.05, 0.1) is 0 Å². The van der Waals surface area contributed by atoms with Gasteiger partial charge in [0, 0.05) is 0 Å². The van der Waals surface area contributed by atoms with Crippen molar-refractivity contribution in [3.8, 4) is 0 Å². The van der Waals surface area contributed by atoms with E-state index in [0.29, 0.717) is 5.88 Å². The Bertz CT molecular complexity index is 21.6. The van der Waals surface area contributed by atoms with Crippen LogP contribution in [0.25, 0.3) is 0 Å². The molecule has 0 aromatic rings. The van der Waals surface area contributed by atoms with Gasteiger partial charge >= 0.3 is 55.0 Å². The van der Waals surface area contributed by atoms with Gasteiger partial charge in [-0.25, -0.2) is 0 Å². The third-order valence-electron chi connectivity index (χ3n) is 0.147. The first-order valence-corrected chi connectivity index (χ1v) is 4.10. The van der Waals surface area contributed by atoms with Gasteiger partial charge in [-0.15, -0.1) is 0 Å². The Labute approximate surface area is 54.9 Å². The van der Waals surface area contributed by atoms with E-state index in [2.05, 4.69) is 0 Å². The average molecular weight is 218 g/mol. The molecule has 2 radical (unpaired) electrons. The fourth-order valence-electron chi connectivity index (χ4n) is 0. The molecule has 0 aromatic carbocycles. The molecule has 5 heavy (non-hydrogen) atoms. The Hall–Kier alpha value is 1.38. The second-order valence-corrected chi connectivity index (χ2v) is 5.04. The summed E-state index contributed by atoms with van der Waals surface area (Å²) in [5.74, 6) is 0.601. The van der Waals surface area contributed by atoms with E-state index in [-0.39, 0.29) is 3.39 Å². The molecule has 0 fully saturated rings. The summed E-state index contributed by atoms with van der Waals surface area (Å²) < 4.78 is 0.252. The number of halogens is 2. The number of alkyl halides is 2. The number of hydrogen-bond donors (Lipinski definition) is 0. The van der Waals surface area contributed by atoms with Gasteiger partial charge in [-0.2, -0.15) is 0 Å². The summed E-state index contributed by atoms with van der Waals surface area (Å²) in [6.07, 6.45) is 0. The van der Waals surface area contributed by atoms with Gasteiger partial charge in [0.2, 0.25) is 0 Å². The molecule has 0 N–H and O–H groups in total. The van der Waals surface area contributed by atoms with Crippen molar-refractivity contribution < 1.29 is 0 Å². The van der Waals surface area contributed by atoms with Gasteiger partial charge in [-0.1, -0.05) is 0 Å². The SMILES string of the molecule is ClC[CH](Cl)[SnH]. The van der Waals surface area contributed by atoms with Crippen LogP contribution in [-0.4, -0.2) is 31.8 Å². The van der Waals surface area contributed by atoms with Crippen molar-refractivity contribution in [2.24, 2.45) is 0 Å². The molecule has 0 saturated carbocycles. The van der Waals surface area contributed by atoms with E-state index in [9.17, 15) is 0 Å². The molecular formula is C2H4Cl2Sn. The Kier molecular flexibility index (Phi) is 4.55. The fraction of sp³-hybridized carbons (Fsp3) is 1.00. The molecule has 30 valence electrons. The van der Waals surface area contributed by atoms with Crippen LogP contribution in [0.1, 0.15) is 0 Å². The molecule has 0 bridgehead atoms. The van der Waals surface area contributed by atoms with Crippen LogP contribution in [0.5, 0.6) is 0 Å². The topological polar surface area (TPSA) is 0 Å². The summed E-state index contributed by atoms with van der Waals surface area (Å²) in [6.45, 7) is 0. The molecule has 0 heterocycles. The summed E-state index contributed by atoms with van der Waals surface area (Å²) >= 11 is 11.7. The van der Waals surface area contributed by atoms with Crippen molar-refractivity contribution in [3.05, 3.63) is 0 Å². The second kappa shape index (κ2) is 3.56. The summed E-state index contributed by atoms with van der Waals surface area (Å²) in [5.41, 5.74) is 0. The Morgan fingerprint density at radius 3 is 2.00 bits per heavy atom. The normalized spacial score (nSPS) is 15.0. The van der Waals surface area contributed by atoms with Crippen LogP contribution in [0.4, 0.5) is 0 Å². The van der Waals surface area contributed by atoms with E-state index >= 15 is 0 Å². The zero-order valence-corrected chi connectivity index (χ0v) is 7.43. The monoisotopic (exact) mass is 218 g/mol. The average Bonchev–Trinajstić information content (AvgIpc) is 1.38. The molecule has 0 spiro atoms. The van der Waals surface area contributed by atoms with Crippen LogP contribution in [0.2, 0.25) is 0 Å². The van der Waals surface area contributed by atoms with Crippen molar-refractivity contribution in [2.75, 3.05) is 5.88 Å². The Morgan fingerprint density at radius 1 is 1.80 bits per heavy atom. The van der Waals surface area contributed by atoms with Gasteiger partial charge in [-0.3, -0.25) is 0 Å². The third-order valence-corrected chi connectivity index (χ3v) is 2.32. The molecule has 1 unspecified atom stereocenters. The summed E-state index contributed by atoms with van der Waals surface area (Å²) in [4.78, 5) is 0. The molecule has 1 atom stereocenters. The summed E-state index contributed by atoms with van der Waals surface area (Å²) in [6, 6.07) is 0. The van der Waals surface area contributed by atoms with E-state index in [0.717, 1.165) is 22.5 Å². The van der Waals surface area contributed by atoms with Crippen molar-refractivity contribution in [3.63, 3.8) is 0 Å². The number of rotatable bonds is 1. The van der Waals surface area contributed by atoms with Gasteiger partial charge in [0.1, 0.15) is 0 Å². The van der Waals surface area contributed by atoms with E-state index in [1.54, 1.807) is 0 Å². The van der Waals surface area contributed by atoms with Crippen LogP contribution in [0.3, 0.4) is 0 Å². The van der Waals surface area contributed by atoms with E-state index in [1.807, 2.05) is 0 Å². The second-order valence-electron chi connectivity index (χ2n) is 0.670. The van der Waals surface area contributed by atoms with Gasteiger partial charge in [-0.05, 0) is 0 Å². The molecule has 0 aliphatic heterocycles. The van der Waals surface area contributed by atoms with Crippen LogP contribution in [-0.2, 0) is 0 Å². The van der Waals surface area contributed by atoms with Crippen molar-refractivity contribution in [1.29, 1.82) is 0 Å². The molecular weight excluding hydrogens is 214 g/mol. The number of hydrogen-bond acceptors (Lipinski definition) is 0. The molecule has 0 nitrogen and oxygen atoms in total.